The number of sulfone groups is 1. The summed E-state index contributed by atoms with van der Waals surface area (Å²) >= 11 is 0. The van der Waals surface area contributed by atoms with Crippen LogP contribution < -0.4 is 5.62 Å². The van der Waals surface area contributed by atoms with Gasteiger partial charge in [-0.15, -0.1) is 0 Å². The van der Waals surface area contributed by atoms with E-state index in [-0.39, 0.29) is 22.8 Å². The Kier molecular flexibility index (Phi) is 3.88. The molecular weight excluding hydrogens is 326 g/mol. The Morgan fingerprint density at radius 1 is 1.04 bits per heavy atom. The van der Waals surface area contributed by atoms with Crippen molar-refractivity contribution >= 4 is 26.7 Å². The number of para-hydroxylation sites is 2. The normalized spacial score (nSPS) is 11.8. The minimum absolute atomic E-state index is 0.0262. The summed E-state index contributed by atoms with van der Waals surface area (Å²) in [6.45, 7) is 0.0262. The van der Waals surface area contributed by atoms with E-state index in [1.807, 2.05) is 24.3 Å². The Bertz CT molecular complexity index is 1090. The number of hydrogen-bond acceptors (Lipinski definition) is 4. The third-order valence-corrected chi connectivity index (χ3v) is 5.14. The number of aromatic nitrogens is 2. The largest absolute Gasteiger partial charge is 0.313 e. The zero-order valence-electron chi connectivity index (χ0n) is 13.4. The van der Waals surface area contributed by atoms with Crippen molar-refractivity contribution in [3.8, 4) is 0 Å². The van der Waals surface area contributed by atoms with E-state index in [1.165, 1.54) is 24.3 Å². The van der Waals surface area contributed by atoms with E-state index in [0.29, 0.717) is 5.56 Å². The fourth-order valence-electron chi connectivity index (χ4n) is 2.67. The summed E-state index contributed by atoms with van der Waals surface area (Å²) in [4.78, 5) is 12.7. The molecule has 0 aliphatic heterocycles. The van der Waals surface area contributed by atoms with Crippen LogP contribution in [0.25, 0.3) is 11.0 Å². The van der Waals surface area contributed by atoms with E-state index >= 15 is 0 Å². The molecule has 1 heterocycles. The number of hydrogen-bond donors (Lipinski definition) is 1. The maximum atomic E-state index is 12.5. The van der Waals surface area contributed by atoms with Crippen molar-refractivity contribution in [1.82, 2.24) is 9.13 Å². The lowest BCUT2D eigenvalue weighted by molar-refractivity contribution is 0.0971. The molecule has 0 saturated heterocycles. The molecule has 7 heteroatoms. The third kappa shape index (κ3) is 2.78. The Morgan fingerprint density at radius 3 is 2.21 bits per heavy atom. The number of fused-ring (bicyclic) bond motifs is 1. The molecule has 2 aromatic carbocycles. The maximum Gasteiger partial charge on any atom is 0.203 e. The van der Waals surface area contributed by atoms with Crippen LogP contribution in [-0.4, -0.2) is 29.6 Å². The topological polar surface area (TPSA) is 84.9 Å². The van der Waals surface area contributed by atoms with Gasteiger partial charge in [0, 0.05) is 18.9 Å². The summed E-state index contributed by atoms with van der Waals surface area (Å²) in [5.74, 6) is -0.176. The molecule has 24 heavy (non-hydrogen) atoms. The van der Waals surface area contributed by atoms with Crippen LogP contribution in [0.4, 0.5) is 0 Å². The van der Waals surface area contributed by atoms with Gasteiger partial charge in [-0.05, 0) is 24.3 Å². The molecule has 0 unspecified atom stereocenters. The Hall–Kier alpha value is -2.67. The van der Waals surface area contributed by atoms with Crippen LogP contribution in [-0.2, 0) is 23.4 Å². The number of Topliss-reactive ketones (excluding diaryl/α,β-unsaturated/α-hetero) is 1. The van der Waals surface area contributed by atoms with Gasteiger partial charge < -0.3 is 9.13 Å². The average molecular weight is 343 g/mol. The number of rotatable bonds is 4. The Balaban J connectivity index is 1.96. The van der Waals surface area contributed by atoms with Gasteiger partial charge in [0.05, 0.1) is 22.5 Å². The maximum absolute atomic E-state index is 12.5. The molecule has 0 radical (unpaired) electrons. The van der Waals surface area contributed by atoms with Gasteiger partial charge in [-0.3, -0.25) is 10.2 Å². The molecule has 1 aromatic heterocycles. The highest BCUT2D eigenvalue weighted by Crippen LogP contribution is 2.14. The van der Waals surface area contributed by atoms with Gasteiger partial charge in [0.15, 0.2) is 15.6 Å². The van der Waals surface area contributed by atoms with Gasteiger partial charge in [0.25, 0.3) is 0 Å². The number of carbonyl (C=O) groups is 1. The predicted octanol–water partition coefficient (Wildman–Crippen LogP) is 1.75. The second kappa shape index (κ2) is 5.76. The van der Waals surface area contributed by atoms with Crippen molar-refractivity contribution in [3.05, 3.63) is 59.7 Å². The van der Waals surface area contributed by atoms with E-state index in [9.17, 15) is 13.2 Å². The van der Waals surface area contributed by atoms with Crippen LogP contribution in [0.3, 0.4) is 0 Å². The van der Waals surface area contributed by atoms with Crippen molar-refractivity contribution in [1.29, 1.82) is 5.41 Å². The molecule has 0 bridgehead atoms. The van der Waals surface area contributed by atoms with E-state index < -0.39 is 9.84 Å². The quantitative estimate of drug-likeness (QED) is 0.732. The highest BCUT2D eigenvalue weighted by Gasteiger charge is 2.14. The zero-order chi connectivity index (χ0) is 17.5. The van der Waals surface area contributed by atoms with Gasteiger partial charge in [-0.1, -0.05) is 24.3 Å². The molecule has 0 saturated carbocycles. The molecule has 0 fully saturated rings. The molecular formula is C17H17N3O3S. The van der Waals surface area contributed by atoms with Crippen molar-refractivity contribution in [2.24, 2.45) is 7.05 Å². The fraction of sp³-hybridized carbons (Fsp3) is 0.176. The first-order valence-electron chi connectivity index (χ1n) is 7.31. The lowest BCUT2D eigenvalue weighted by atomic mass is 10.1. The summed E-state index contributed by atoms with van der Waals surface area (Å²) in [5.41, 5.74) is 2.34. The predicted molar refractivity (Wildman–Crippen MR) is 90.6 cm³/mol. The number of nitrogens with one attached hydrogen (secondary N) is 1. The van der Waals surface area contributed by atoms with Crippen molar-refractivity contribution in [3.63, 3.8) is 0 Å². The first-order valence-corrected chi connectivity index (χ1v) is 9.20. The molecule has 124 valence electrons. The van der Waals surface area contributed by atoms with Crippen molar-refractivity contribution in [2.45, 2.75) is 11.4 Å². The molecule has 3 aromatic rings. The van der Waals surface area contributed by atoms with Crippen molar-refractivity contribution < 1.29 is 13.2 Å². The van der Waals surface area contributed by atoms with Crippen LogP contribution in [0.1, 0.15) is 10.4 Å². The van der Waals surface area contributed by atoms with Gasteiger partial charge >= 0.3 is 0 Å². The monoisotopic (exact) mass is 343 g/mol. The summed E-state index contributed by atoms with van der Waals surface area (Å²) in [7, 11) is -1.50. The molecule has 0 amide bonds. The first-order chi connectivity index (χ1) is 11.3. The Morgan fingerprint density at radius 2 is 1.62 bits per heavy atom. The third-order valence-electron chi connectivity index (χ3n) is 4.01. The number of ketones is 1. The molecule has 6 nitrogen and oxygen atoms in total. The molecule has 0 spiro atoms. The minimum atomic E-state index is -3.29. The summed E-state index contributed by atoms with van der Waals surface area (Å²) in [6, 6.07) is 13.4. The lowest BCUT2D eigenvalue weighted by Crippen LogP contribution is -2.25. The molecule has 0 atom stereocenters. The lowest BCUT2D eigenvalue weighted by Gasteiger charge is -2.05. The number of carbonyl (C=O) groups excluding carboxylic acids is 1. The van der Waals surface area contributed by atoms with Gasteiger partial charge in [0.1, 0.15) is 0 Å². The molecule has 3 rings (SSSR count). The van der Waals surface area contributed by atoms with Gasteiger partial charge in [-0.2, -0.15) is 0 Å². The first kappa shape index (κ1) is 16.2. The van der Waals surface area contributed by atoms with Crippen LogP contribution in [0.2, 0.25) is 0 Å². The van der Waals surface area contributed by atoms with Gasteiger partial charge in [0.2, 0.25) is 5.62 Å². The van der Waals surface area contributed by atoms with Crippen LogP contribution in [0.15, 0.2) is 53.4 Å². The summed E-state index contributed by atoms with van der Waals surface area (Å²) in [5, 5.41) is 8.19. The molecule has 1 N–H and O–H groups in total. The fourth-order valence-corrected chi connectivity index (χ4v) is 3.30. The van der Waals surface area contributed by atoms with Crippen LogP contribution in [0, 0.1) is 5.41 Å². The van der Waals surface area contributed by atoms with E-state index in [4.69, 9.17) is 5.41 Å². The minimum Gasteiger partial charge on any atom is -0.313 e. The van der Waals surface area contributed by atoms with Crippen molar-refractivity contribution in [2.75, 3.05) is 6.26 Å². The smallest absolute Gasteiger partial charge is 0.203 e. The molecule has 0 aliphatic carbocycles. The number of aryl methyl sites for hydroxylation is 1. The standard InChI is InChI=1S/C17H17N3O3S/c1-19-14-5-3-4-6-15(14)20(17(19)18)11-16(21)12-7-9-13(10-8-12)24(2,22)23/h3-10,18H,11H2,1-2H3. The zero-order valence-corrected chi connectivity index (χ0v) is 14.2. The van der Waals surface area contributed by atoms with Crippen LogP contribution >= 0.6 is 0 Å². The second-order valence-corrected chi connectivity index (χ2v) is 7.69. The Labute approximate surface area is 139 Å². The summed E-state index contributed by atoms with van der Waals surface area (Å²) in [6.07, 6.45) is 1.13. The SMILES string of the molecule is Cn1c(=N)n(CC(=O)c2ccc(S(C)(=O)=O)cc2)c2ccccc21. The number of imidazole rings is 1. The van der Waals surface area contributed by atoms with E-state index in [1.54, 1.807) is 16.2 Å². The van der Waals surface area contributed by atoms with E-state index in [2.05, 4.69) is 0 Å². The van der Waals surface area contributed by atoms with E-state index in [0.717, 1.165) is 17.3 Å². The summed E-state index contributed by atoms with van der Waals surface area (Å²) < 4.78 is 26.3. The highest BCUT2D eigenvalue weighted by molar-refractivity contribution is 7.90. The average Bonchev–Trinajstić information content (AvgIpc) is 2.79. The number of nitrogens with zero attached hydrogens (tertiary/aromatic N) is 2. The number of benzene rings is 2. The van der Waals surface area contributed by atoms with Gasteiger partial charge in [-0.25, -0.2) is 8.42 Å². The highest BCUT2D eigenvalue weighted by atomic mass is 32.2. The molecule has 0 aliphatic rings. The van der Waals surface area contributed by atoms with Crippen LogP contribution in [0.5, 0.6) is 0 Å². The second-order valence-electron chi connectivity index (χ2n) is 5.68.